The Kier molecular flexibility index (Phi) is 5.31. The van der Waals surface area contributed by atoms with E-state index < -0.39 is 11.2 Å². The Balaban J connectivity index is 1.42. The lowest BCUT2D eigenvalue weighted by molar-refractivity contribution is 0.171. The maximum absolute atomic E-state index is 13.7. The summed E-state index contributed by atoms with van der Waals surface area (Å²) in [4.78, 5) is 34.8. The summed E-state index contributed by atoms with van der Waals surface area (Å²) in [5, 5.41) is 2.13. The molecular weight excluding hydrogens is 522 g/mol. The predicted molar refractivity (Wildman–Crippen MR) is 150 cm³/mol. The van der Waals surface area contributed by atoms with E-state index in [2.05, 4.69) is 9.97 Å². The first-order chi connectivity index (χ1) is 18.6. The third-order valence-corrected chi connectivity index (χ3v) is 8.03. The number of nitrogens with zero attached hydrogens (tertiary/aromatic N) is 2. The molecule has 3 aromatic heterocycles. The van der Waals surface area contributed by atoms with Crippen molar-refractivity contribution in [3.8, 4) is 38.8 Å². The SMILES string of the molecule is O=c1[nH]c2cc(-c3c(Cl)cccc3-c3ccc4c(c3)OCCO4)sc2c(=O)n1-c1cncc2ccccc12. The van der Waals surface area contributed by atoms with E-state index in [1.54, 1.807) is 12.3 Å². The van der Waals surface area contributed by atoms with Crippen molar-refractivity contribution < 1.29 is 9.47 Å². The molecule has 1 N–H and O–H groups in total. The molecule has 0 fully saturated rings. The van der Waals surface area contributed by atoms with Crippen LogP contribution in [0.25, 0.3) is 48.2 Å². The fourth-order valence-electron chi connectivity index (χ4n) is 4.85. The number of pyridine rings is 1. The number of aromatic amines is 1. The van der Waals surface area contributed by atoms with E-state index in [1.807, 2.05) is 60.7 Å². The number of thiophene rings is 1. The van der Waals surface area contributed by atoms with Crippen LogP contribution < -0.4 is 20.7 Å². The van der Waals surface area contributed by atoms with Gasteiger partial charge in [0.05, 0.1) is 17.4 Å². The lowest BCUT2D eigenvalue weighted by Crippen LogP contribution is -2.33. The summed E-state index contributed by atoms with van der Waals surface area (Å²) in [5.74, 6) is 1.37. The molecule has 0 amide bonds. The third-order valence-electron chi connectivity index (χ3n) is 6.58. The van der Waals surface area contributed by atoms with Crippen LogP contribution >= 0.6 is 22.9 Å². The molecule has 0 atom stereocenters. The van der Waals surface area contributed by atoms with Gasteiger partial charge >= 0.3 is 5.69 Å². The Bertz CT molecular complexity index is 2000. The quantitative estimate of drug-likeness (QED) is 0.296. The summed E-state index contributed by atoms with van der Waals surface area (Å²) in [6.07, 6.45) is 3.24. The third kappa shape index (κ3) is 3.60. The average Bonchev–Trinajstić information content (AvgIpc) is 3.36. The van der Waals surface area contributed by atoms with Gasteiger partial charge in [-0.1, -0.05) is 54.1 Å². The highest BCUT2D eigenvalue weighted by molar-refractivity contribution is 7.22. The van der Waals surface area contributed by atoms with Gasteiger partial charge < -0.3 is 14.5 Å². The second-order valence-electron chi connectivity index (χ2n) is 8.82. The highest BCUT2D eigenvalue weighted by Crippen LogP contribution is 2.44. The highest BCUT2D eigenvalue weighted by Gasteiger charge is 2.20. The van der Waals surface area contributed by atoms with Crippen molar-refractivity contribution in [1.29, 1.82) is 0 Å². The fourth-order valence-corrected chi connectivity index (χ4v) is 6.30. The van der Waals surface area contributed by atoms with Crippen LogP contribution in [0.15, 0.2) is 88.7 Å². The van der Waals surface area contributed by atoms with Gasteiger partial charge in [-0.2, -0.15) is 0 Å². The minimum atomic E-state index is -0.531. The summed E-state index contributed by atoms with van der Waals surface area (Å²) < 4.78 is 13.0. The Morgan fingerprint density at radius 2 is 1.76 bits per heavy atom. The second kappa shape index (κ2) is 8.86. The molecular formula is C29H18ClN3O4S. The van der Waals surface area contributed by atoms with Crippen molar-refractivity contribution in [2.75, 3.05) is 13.2 Å². The van der Waals surface area contributed by atoms with Crippen LogP contribution in [0.5, 0.6) is 11.5 Å². The first-order valence-corrected chi connectivity index (χ1v) is 13.1. The maximum Gasteiger partial charge on any atom is 0.333 e. The fraction of sp³-hybridized carbons (Fsp3) is 0.0690. The van der Waals surface area contributed by atoms with E-state index in [0.717, 1.165) is 36.9 Å². The van der Waals surface area contributed by atoms with Gasteiger partial charge in [0.2, 0.25) is 0 Å². The van der Waals surface area contributed by atoms with Gasteiger partial charge in [0.1, 0.15) is 17.9 Å². The monoisotopic (exact) mass is 539 g/mol. The molecule has 0 unspecified atom stereocenters. The van der Waals surface area contributed by atoms with E-state index >= 15 is 0 Å². The van der Waals surface area contributed by atoms with Gasteiger partial charge in [-0.3, -0.25) is 9.78 Å². The second-order valence-corrected chi connectivity index (χ2v) is 10.3. The van der Waals surface area contributed by atoms with E-state index in [4.69, 9.17) is 21.1 Å². The molecule has 7 rings (SSSR count). The highest BCUT2D eigenvalue weighted by atomic mass is 35.5. The lowest BCUT2D eigenvalue weighted by atomic mass is 9.98. The molecule has 0 saturated heterocycles. The zero-order valence-electron chi connectivity index (χ0n) is 19.7. The summed E-state index contributed by atoms with van der Waals surface area (Å²) in [6.45, 7) is 1.00. The number of rotatable bonds is 3. The van der Waals surface area contributed by atoms with Gasteiger partial charge in [-0.15, -0.1) is 11.3 Å². The van der Waals surface area contributed by atoms with Gasteiger partial charge in [-0.25, -0.2) is 9.36 Å². The van der Waals surface area contributed by atoms with E-state index in [9.17, 15) is 9.59 Å². The number of hydrogen-bond donors (Lipinski definition) is 1. The summed E-state index contributed by atoms with van der Waals surface area (Å²) in [5.41, 5.74) is 2.49. The van der Waals surface area contributed by atoms with Crippen LogP contribution in [-0.4, -0.2) is 27.7 Å². The smallest absolute Gasteiger partial charge is 0.333 e. The van der Waals surface area contributed by atoms with Crippen LogP contribution in [0.4, 0.5) is 0 Å². The molecule has 3 aromatic carbocycles. The molecule has 4 heterocycles. The molecule has 9 heteroatoms. The Morgan fingerprint density at radius 3 is 2.66 bits per heavy atom. The minimum absolute atomic E-state index is 0.411. The first-order valence-electron chi connectivity index (χ1n) is 11.9. The molecule has 0 spiro atoms. The largest absolute Gasteiger partial charge is 0.486 e. The van der Waals surface area contributed by atoms with Crippen molar-refractivity contribution in [1.82, 2.24) is 14.5 Å². The zero-order valence-corrected chi connectivity index (χ0v) is 21.3. The van der Waals surface area contributed by atoms with Gasteiger partial charge in [0.25, 0.3) is 5.56 Å². The predicted octanol–water partition coefficient (Wildman–Crippen LogP) is 6.05. The number of hydrogen-bond acceptors (Lipinski definition) is 6. The number of benzene rings is 3. The number of halogens is 1. The number of ether oxygens (including phenoxy) is 2. The molecule has 38 heavy (non-hydrogen) atoms. The Hall–Kier alpha value is -4.40. The molecule has 7 nitrogen and oxygen atoms in total. The number of aromatic nitrogens is 3. The summed E-state index contributed by atoms with van der Waals surface area (Å²) >= 11 is 8.02. The molecule has 186 valence electrons. The maximum atomic E-state index is 13.7. The van der Waals surface area contributed by atoms with Crippen LogP contribution in [-0.2, 0) is 0 Å². The van der Waals surface area contributed by atoms with Crippen molar-refractivity contribution in [3.63, 3.8) is 0 Å². The number of H-pyrrole nitrogens is 1. The van der Waals surface area contributed by atoms with E-state index in [-0.39, 0.29) is 0 Å². The summed E-state index contributed by atoms with van der Waals surface area (Å²) in [7, 11) is 0. The van der Waals surface area contributed by atoms with Gasteiger partial charge in [0, 0.05) is 32.4 Å². The van der Waals surface area contributed by atoms with E-state index in [0.29, 0.717) is 45.6 Å². The van der Waals surface area contributed by atoms with Crippen LogP contribution in [0, 0.1) is 0 Å². The number of fused-ring (bicyclic) bond motifs is 3. The van der Waals surface area contributed by atoms with Crippen molar-refractivity contribution in [2.45, 2.75) is 0 Å². The molecule has 0 bridgehead atoms. The van der Waals surface area contributed by atoms with Crippen LogP contribution in [0.1, 0.15) is 0 Å². The van der Waals surface area contributed by atoms with Crippen LogP contribution in [0.2, 0.25) is 5.02 Å². The molecule has 6 aromatic rings. The molecule has 0 saturated carbocycles. The summed E-state index contributed by atoms with van der Waals surface area (Å²) in [6, 6.07) is 20.7. The first kappa shape index (κ1) is 22.8. The number of nitrogens with one attached hydrogen (secondary N) is 1. The molecule has 1 aliphatic heterocycles. The van der Waals surface area contributed by atoms with E-state index in [1.165, 1.54) is 17.5 Å². The average molecular weight is 540 g/mol. The normalized spacial score (nSPS) is 12.8. The topological polar surface area (TPSA) is 86.2 Å². The molecule has 0 aliphatic carbocycles. The minimum Gasteiger partial charge on any atom is -0.486 e. The molecule has 1 aliphatic rings. The van der Waals surface area contributed by atoms with Gasteiger partial charge in [0.15, 0.2) is 11.5 Å². The molecule has 0 radical (unpaired) electrons. The van der Waals surface area contributed by atoms with Crippen molar-refractivity contribution in [2.24, 2.45) is 0 Å². The van der Waals surface area contributed by atoms with Crippen LogP contribution in [0.3, 0.4) is 0 Å². The van der Waals surface area contributed by atoms with Gasteiger partial charge in [-0.05, 0) is 35.4 Å². The lowest BCUT2D eigenvalue weighted by Gasteiger charge is -2.19. The zero-order chi connectivity index (χ0) is 25.8. The van der Waals surface area contributed by atoms with Crippen molar-refractivity contribution >= 4 is 43.9 Å². The van der Waals surface area contributed by atoms with Crippen molar-refractivity contribution in [3.05, 3.63) is 105 Å². The standard InChI is InChI=1S/C29H18ClN3O4S/c30-20-7-3-6-19(16-8-9-23-24(12-16)37-11-10-36-23)26(20)25-13-21-27(38-25)28(34)33(29(35)32-21)22-15-31-14-17-4-1-2-5-18(17)22/h1-9,12-15H,10-11H2,(H,32,35). The Labute approximate surface area is 224 Å². The Morgan fingerprint density at radius 1 is 0.921 bits per heavy atom.